The molecule has 3 aromatic rings. The van der Waals surface area contributed by atoms with Gasteiger partial charge < -0.3 is 9.67 Å². The molecule has 2 aromatic carbocycles. The molecule has 1 aromatic heterocycles. The molecule has 0 saturated heterocycles. The number of carboxylic acid groups (broad SMARTS) is 1. The highest BCUT2D eigenvalue weighted by molar-refractivity contribution is 7.99. The van der Waals surface area contributed by atoms with E-state index in [-0.39, 0.29) is 11.8 Å². The number of imidazole rings is 1. The Morgan fingerprint density at radius 1 is 1.14 bits per heavy atom. The zero-order chi connectivity index (χ0) is 25.2. The molecule has 0 radical (unpaired) electrons. The first kappa shape index (κ1) is 25.7. The summed E-state index contributed by atoms with van der Waals surface area (Å²) in [7, 11) is -3.40. The number of nitrogens with zero attached hydrogens (tertiary/aromatic N) is 3. The number of carboxylic acids is 1. The number of benzene rings is 2. The van der Waals surface area contributed by atoms with Gasteiger partial charge in [0, 0.05) is 18.3 Å². The number of para-hydroxylation sites is 2. The maximum Gasteiger partial charge on any atom is 0.327 e. The van der Waals surface area contributed by atoms with Crippen LogP contribution in [0, 0.1) is 5.41 Å². The summed E-state index contributed by atoms with van der Waals surface area (Å²) in [6.45, 7) is 6.20. The van der Waals surface area contributed by atoms with E-state index in [1.54, 1.807) is 4.31 Å². The van der Waals surface area contributed by atoms with Gasteiger partial charge in [-0.2, -0.15) is 4.31 Å². The summed E-state index contributed by atoms with van der Waals surface area (Å²) in [5.41, 5.74) is 1.83. The van der Waals surface area contributed by atoms with Gasteiger partial charge in [0.25, 0.3) is 0 Å². The molecule has 1 fully saturated rings. The summed E-state index contributed by atoms with van der Waals surface area (Å²) in [6, 6.07) is 16.2. The summed E-state index contributed by atoms with van der Waals surface area (Å²) < 4.78 is 29.8. The van der Waals surface area contributed by atoms with Gasteiger partial charge in [0.05, 0.1) is 16.8 Å². The summed E-state index contributed by atoms with van der Waals surface area (Å²) in [4.78, 5) is 17.0. The molecule has 9 heteroatoms. The molecule has 4 rings (SSSR count). The standard InChI is InChI=1S/C26H33N3O4S2/c1-26(2,3)23(24(30)31)29-22-13-8-7-12-21(22)27-25(29)34-17-9-16-28(20-14-15-20)35(32,33)18-19-10-5-4-6-11-19/h4-8,10-13,20,23H,9,14-18H2,1-3H3,(H,30,31). The van der Waals surface area contributed by atoms with Gasteiger partial charge in [-0.05, 0) is 42.4 Å². The number of fused-ring (bicyclic) bond motifs is 1. The molecule has 1 unspecified atom stereocenters. The van der Waals surface area contributed by atoms with Crippen molar-refractivity contribution in [3.8, 4) is 0 Å². The van der Waals surface area contributed by atoms with Gasteiger partial charge in [-0.15, -0.1) is 0 Å². The fourth-order valence-corrected chi connectivity index (χ4v) is 7.22. The second kappa shape index (κ2) is 10.3. The smallest absolute Gasteiger partial charge is 0.327 e. The molecular weight excluding hydrogens is 482 g/mol. The highest BCUT2D eigenvalue weighted by atomic mass is 32.2. The minimum Gasteiger partial charge on any atom is -0.480 e. The fourth-order valence-electron chi connectivity index (χ4n) is 4.40. The Balaban J connectivity index is 1.48. The van der Waals surface area contributed by atoms with E-state index in [0.29, 0.717) is 23.9 Å². The minimum absolute atomic E-state index is 0.0130. The molecule has 188 valence electrons. The van der Waals surface area contributed by atoms with Crippen LogP contribution in [0.2, 0.25) is 0 Å². The molecular formula is C26H33N3O4S2. The molecule has 1 saturated carbocycles. The van der Waals surface area contributed by atoms with Crippen molar-refractivity contribution in [1.29, 1.82) is 0 Å². The molecule has 0 aliphatic heterocycles. The van der Waals surface area contributed by atoms with E-state index >= 15 is 0 Å². The normalized spacial score (nSPS) is 15.5. The van der Waals surface area contributed by atoms with E-state index in [4.69, 9.17) is 4.98 Å². The highest BCUT2D eigenvalue weighted by Crippen LogP contribution is 2.38. The van der Waals surface area contributed by atoms with Crippen molar-refractivity contribution < 1.29 is 18.3 Å². The predicted molar refractivity (Wildman–Crippen MR) is 140 cm³/mol. The Morgan fingerprint density at radius 2 is 1.80 bits per heavy atom. The van der Waals surface area contributed by atoms with E-state index in [1.165, 1.54) is 11.8 Å². The highest BCUT2D eigenvalue weighted by Gasteiger charge is 2.37. The van der Waals surface area contributed by atoms with E-state index in [0.717, 1.165) is 29.4 Å². The lowest BCUT2D eigenvalue weighted by atomic mass is 9.86. The second-order valence-corrected chi connectivity index (χ2v) is 13.1. The van der Waals surface area contributed by atoms with Crippen LogP contribution in [0.3, 0.4) is 0 Å². The van der Waals surface area contributed by atoms with Gasteiger partial charge in [0.15, 0.2) is 5.16 Å². The van der Waals surface area contributed by atoms with Crippen LogP contribution in [0.5, 0.6) is 0 Å². The Labute approximate surface area is 211 Å². The van der Waals surface area contributed by atoms with Gasteiger partial charge >= 0.3 is 5.97 Å². The van der Waals surface area contributed by atoms with Crippen LogP contribution in [-0.2, 0) is 20.6 Å². The third-order valence-corrected chi connectivity index (χ3v) is 9.07. The molecule has 1 aliphatic rings. The zero-order valence-corrected chi connectivity index (χ0v) is 22.1. The fraction of sp³-hybridized carbons (Fsp3) is 0.462. The second-order valence-electron chi connectivity index (χ2n) is 10.1. The SMILES string of the molecule is CC(C)(C)C(C(=O)O)n1c(SCCCN(C2CC2)S(=O)(=O)Cc2ccccc2)nc2ccccc21. The molecule has 35 heavy (non-hydrogen) atoms. The summed E-state index contributed by atoms with van der Waals surface area (Å²) in [6.07, 6.45) is 2.47. The molecule has 0 amide bonds. The number of thioether (sulfide) groups is 1. The maximum atomic E-state index is 13.1. The van der Waals surface area contributed by atoms with E-state index in [1.807, 2.05) is 79.9 Å². The summed E-state index contributed by atoms with van der Waals surface area (Å²) in [5, 5.41) is 10.7. The topological polar surface area (TPSA) is 92.5 Å². The molecule has 1 heterocycles. The number of aliphatic carboxylic acids is 1. The largest absolute Gasteiger partial charge is 0.480 e. The van der Waals surface area contributed by atoms with Crippen LogP contribution in [0.15, 0.2) is 59.8 Å². The Hall–Kier alpha value is -2.36. The number of hydrogen-bond donors (Lipinski definition) is 1. The summed E-state index contributed by atoms with van der Waals surface area (Å²) >= 11 is 1.49. The maximum absolute atomic E-state index is 13.1. The van der Waals surface area contributed by atoms with Crippen LogP contribution in [0.25, 0.3) is 11.0 Å². The number of rotatable bonds is 11. The Bertz CT molecular complexity index is 1280. The van der Waals surface area contributed by atoms with Gasteiger partial charge in [0.2, 0.25) is 10.0 Å². The molecule has 0 bridgehead atoms. The van der Waals surface area contributed by atoms with E-state index in [9.17, 15) is 18.3 Å². The van der Waals surface area contributed by atoms with Gasteiger partial charge in [0.1, 0.15) is 6.04 Å². The first-order chi connectivity index (χ1) is 16.6. The third kappa shape index (κ3) is 6.08. The van der Waals surface area contributed by atoms with Gasteiger partial charge in [-0.25, -0.2) is 18.2 Å². The van der Waals surface area contributed by atoms with Crippen molar-refractivity contribution in [3.05, 3.63) is 60.2 Å². The quantitative estimate of drug-likeness (QED) is 0.279. The van der Waals surface area contributed by atoms with Crippen molar-refractivity contribution in [1.82, 2.24) is 13.9 Å². The van der Waals surface area contributed by atoms with Crippen molar-refractivity contribution >= 4 is 38.8 Å². The Kier molecular flexibility index (Phi) is 7.59. The van der Waals surface area contributed by atoms with Gasteiger partial charge in [-0.1, -0.05) is 75.0 Å². The third-order valence-electron chi connectivity index (χ3n) is 6.13. The first-order valence-corrected chi connectivity index (χ1v) is 14.5. The van der Waals surface area contributed by atoms with Gasteiger partial charge in [-0.3, -0.25) is 0 Å². The van der Waals surface area contributed by atoms with Crippen LogP contribution in [0.1, 0.15) is 51.6 Å². The van der Waals surface area contributed by atoms with Crippen molar-refractivity contribution in [2.24, 2.45) is 5.41 Å². The number of aromatic nitrogens is 2. The number of carbonyl (C=O) groups is 1. The van der Waals surface area contributed by atoms with E-state index in [2.05, 4.69) is 0 Å². The lowest BCUT2D eigenvalue weighted by Gasteiger charge is -2.29. The predicted octanol–water partition coefficient (Wildman–Crippen LogP) is 5.18. The van der Waals surface area contributed by atoms with Crippen molar-refractivity contribution in [2.45, 2.75) is 63.0 Å². The molecule has 1 aliphatic carbocycles. The van der Waals surface area contributed by atoms with Crippen molar-refractivity contribution in [3.63, 3.8) is 0 Å². The molecule has 1 atom stereocenters. The average Bonchev–Trinajstić information content (AvgIpc) is 3.55. The molecule has 1 N–H and O–H groups in total. The molecule has 0 spiro atoms. The average molecular weight is 516 g/mol. The lowest BCUT2D eigenvalue weighted by molar-refractivity contribution is -0.144. The lowest BCUT2D eigenvalue weighted by Crippen LogP contribution is -2.35. The van der Waals surface area contributed by atoms with Crippen LogP contribution in [0.4, 0.5) is 0 Å². The van der Waals surface area contributed by atoms with Crippen molar-refractivity contribution in [2.75, 3.05) is 12.3 Å². The Morgan fingerprint density at radius 3 is 2.43 bits per heavy atom. The van der Waals surface area contributed by atoms with Crippen LogP contribution >= 0.6 is 11.8 Å². The minimum atomic E-state index is -3.40. The monoisotopic (exact) mass is 515 g/mol. The molecule has 7 nitrogen and oxygen atoms in total. The van der Waals surface area contributed by atoms with Crippen LogP contribution < -0.4 is 0 Å². The number of hydrogen-bond acceptors (Lipinski definition) is 5. The zero-order valence-electron chi connectivity index (χ0n) is 20.4. The summed E-state index contributed by atoms with van der Waals surface area (Å²) in [5.74, 6) is -0.238. The van der Waals surface area contributed by atoms with Crippen LogP contribution in [-0.4, -0.2) is 51.7 Å². The first-order valence-electron chi connectivity index (χ1n) is 11.9. The van der Waals surface area contributed by atoms with E-state index < -0.39 is 27.4 Å². The number of sulfonamides is 1.